The molecule has 1 aliphatic heterocycles. The van der Waals surface area contributed by atoms with E-state index in [1.54, 1.807) is 42.5 Å². The lowest BCUT2D eigenvalue weighted by atomic mass is 10.1. The molecular formula is C20H13ClN2O4. The zero-order chi connectivity index (χ0) is 19.4. The number of benzene rings is 2. The number of rotatable bonds is 4. The summed E-state index contributed by atoms with van der Waals surface area (Å²) >= 11 is 6.09. The number of amides is 4. The highest BCUT2D eigenvalue weighted by molar-refractivity contribution is 6.42. The molecule has 7 heteroatoms. The number of imide groups is 2. The Bertz CT molecular complexity index is 990. The predicted octanol–water partition coefficient (Wildman–Crippen LogP) is 3.02. The number of ether oxygens (including phenoxy) is 1. The fraction of sp³-hybridized carbons (Fsp3) is 0.0500. The number of carbonyl (C=O) groups excluding carboxylic acids is 3. The monoisotopic (exact) mass is 380 g/mol. The zero-order valence-electron chi connectivity index (χ0n) is 13.9. The molecule has 4 amide bonds. The summed E-state index contributed by atoms with van der Waals surface area (Å²) in [6.45, 7) is 0.135. The quantitative estimate of drug-likeness (QED) is 0.502. The van der Waals surface area contributed by atoms with Gasteiger partial charge in [0.15, 0.2) is 0 Å². The van der Waals surface area contributed by atoms with E-state index in [1.807, 2.05) is 0 Å². The maximum absolute atomic E-state index is 12.8. The van der Waals surface area contributed by atoms with E-state index < -0.39 is 17.8 Å². The third-order valence-corrected chi connectivity index (χ3v) is 4.03. The minimum atomic E-state index is -0.853. The van der Waals surface area contributed by atoms with Crippen LogP contribution in [0.25, 0.3) is 6.08 Å². The maximum Gasteiger partial charge on any atom is 0.335 e. The number of hydrogen-bond donors (Lipinski definition) is 1. The van der Waals surface area contributed by atoms with Crippen molar-refractivity contribution in [3.63, 3.8) is 0 Å². The van der Waals surface area contributed by atoms with Gasteiger partial charge in [0.1, 0.15) is 17.9 Å². The van der Waals surface area contributed by atoms with Crippen molar-refractivity contribution in [3.8, 4) is 18.1 Å². The van der Waals surface area contributed by atoms with E-state index >= 15 is 0 Å². The smallest absolute Gasteiger partial charge is 0.335 e. The van der Waals surface area contributed by atoms with E-state index in [-0.39, 0.29) is 22.9 Å². The number of para-hydroxylation sites is 1. The number of halogens is 1. The Labute approximate surface area is 160 Å². The molecule has 1 saturated heterocycles. The van der Waals surface area contributed by atoms with Crippen molar-refractivity contribution in [2.24, 2.45) is 0 Å². The van der Waals surface area contributed by atoms with Crippen LogP contribution in [0.5, 0.6) is 5.75 Å². The Morgan fingerprint density at radius 1 is 1.11 bits per heavy atom. The van der Waals surface area contributed by atoms with Crippen molar-refractivity contribution in [2.45, 2.75) is 0 Å². The number of terminal acetylenes is 1. The molecule has 0 unspecified atom stereocenters. The molecule has 0 atom stereocenters. The molecule has 0 radical (unpaired) electrons. The lowest BCUT2D eigenvalue weighted by Gasteiger charge is -2.27. The molecule has 3 rings (SSSR count). The number of nitrogens with one attached hydrogen (secondary N) is 1. The number of urea groups is 1. The van der Waals surface area contributed by atoms with Crippen LogP contribution in [0.15, 0.2) is 54.1 Å². The van der Waals surface area contributed by atoms with Gasteiger partial charge in [-0.3, -0.25) is 14.9 Å². The summed E-state index contributed by atoms with van der Waals surface area (Å²) in [6.07, 6.45) is 6.52. The lowest BCUT2D eigenvalue weighted by molar-refractivity contribution is -0.122. The molecule has 2 aromatic rings. The highest BCUT2D eigenvalue weighted by atomic mass is 35.5. The van der Waals surface area contributed by atoms with E-state index in [2.05, 4.69) is 11.2 Å². The minimum absolute atomic E-state index is 0.135. The van der Waals surface area contributed by atoms with Gasteiger partial charge in [0.25, 0.3) is 11.8 Å². The molecule has 6 nitrogen and oxygen atoms in total. The van der Waals surface area contributed by atoms with Crippen LogP contribution in [0.4, 0.5) is 10.5 Å². The van der Waals surface area contributed by atoms with Crippen LogP contribution >= 0.6 is 11.6 Å². The first-order chi connectivity index (χ1) is 13.0. The fourth-order valence-electron chi connectivity index (χ4n) is 2.46. The van der Waals surface area contributed by atoms with E-state index in [1.165, 1.54) is 12.1 Å². The predicted molar refractivity (Wildman–Crippen MR) is 101 cm³/mol. The first kappa shape index (κ1) is 18.2. The lowest BCUT2D eigenvalue weighted by Crippen LogP contribution is -2.54. The van der Waals surface area contributed by atoms with E-state index in [0.29, 0.717) is 11.3 Å². The molecule has 0 bridgehead atoms. The Morgan fingerprint density at radius 3 is 2.48 bits per heavy atom. The summed E-state index contributed by atoms with van der Waals surface area (Å²) in [5.74, 6) is 1.38. The van der Waals surface area contributed by atoms with Gasteiger partial charge in [0.2, 0.25) is 0 Å². The second kappa shape index (κ2) is 7.77. The van der Waals surface area contributed by atoms with Crippen LogP contribution < -0.4 is 15.0 Å². The molecule has 1 N–H and O–H groups in total. The van der Waals surface area contributed by atoms with Gasteiger partial charge in [0.05, 0.1) is 10.7 Å². The third-order valence-electron chi connectivity index (χ3n) is 3.71. The van der Waals surface area contributed by atoms with Crippen molar-refractivity contribution in [2.75, 3.05) is 11.5 Å². The van der Waals surface area contributed by atoms with Gasteiger partial charge >= 0.3 is 6.03 Å². The molecule has 0 aromatic heterocycles. The Hall–Kier alpha value is -3.56. The first-order valence-corrected chi connectivity index (χ1v) is 8.21. The van der Waals surface area contributed by atoms with E-state index in [4.69, 9.17) is 22.8 Å². The Morgan fingerprint density at radius 2 is 1.81 bits per heavy atom. The molecule has 0 saturated carbocycles. The van der Waals surface area contributed by atoms with Crippen LogP contribution in [0.2, 0.25) is 5.02 Å². The average Bonchev–Trinajstić information content (AvgIpc) is 2.66. The maximum atomic E-state index is 12.8. The summed E-state index contributed by atoms with van der Waals surface area (Å²) in [4.78, 5) is 37.9. The van der Waals surface area contributed by atoms with Crippen molar-refractivity contribution in [3.05, 3.63) is 64.7 Å². The second-order valence-electron chi connectivity index (χ2n) is 5.47. The molecule has 1 fully saturated rings. The van der Waals surface area contributed by atoms with Gasteiger partial charge < -0.3 is 4.74 Å². The van der Waals surface area contributed by atoms with Gasteiger partial charge in [-0.05, 0) is 35.9 Å². The summed E-state index contributed by atoms with van der Waals surface area (Å²) in [5.41, 5.74) is 0.583. The molecule has 2 aromatic carbocycles. The Balaban J connectivity index is 1.92. The van der Waals surface area contributed by atoms with Crippen LogP contribution in [-0.4, -0.2) is 24.5 Å². The van der Waals surface area contributed by atoms with Crippen LogP contribution in [0.1, 0.15) is 5.56 Å². The van der Waals surface area contributed by atoms with Gasteiger partial charge in [-0.25, -0.2) is 9.69 Å². The van der Waals surface area contributed by atoms with Gasteiger partial charge in [-0.15, -0.1) is 6.42 Å². The van der Waals surface area contributed by atoms with E-state index in [0.717, 1.165) is 4.90 Å². The number of nitrogens with zero attached hydrogens (tertiary/aromatic N) is 1. The molecule has 1 aliphatic rings. The molecule has 134 valence electrons. The normalized spacial score (nSPS) is 15.5. The minimum Gasteiger partial charge on any atom is -0.481 e. The standard InChI is InChI=1S/C20H13ClN2O4/c1-2-11-27-14-9-7-13(8-10-14)12-15-18(24)22-20(26)23(19(15)25)17-6-4-3-5-16(17)21/h1,3-10,12H,11H2,(H,22,24,26)/b15-12+. The summed E-state index contributed by atoms with van der Waals surface area (Å²) in [6, 6.07) is 12.2. The van der Waals surface area contributed by atoms with Gasteiger partial charge in [-0.2, -0.15) is 0 Å². The SMILES string of the molecule is C#CCOc1ccc(/C=C2\C(=O)NC(=O)N(c3ccccc3Cl)C2=O)cc1. The summed E-state index contributed by atoms with van der Waals surface area (Å²) in [5, 5.41) is 2.36. The first-order valence-electron chi connectivity index (χ1n) is 7.83. The largest absolute Gasteiger partial charge is 0.481 e. The van der Waals surface area contributed by atoms with Gasteiger partial charge in [-0.1, -0.05) is 41.8 Å². The van der Waals surface area contributed by atoms with Crippen molar-refractivity contribution in [1.82, 2.24) is 5.32 Å². The zero-order valence-corrected chi connectivity index (χ0v) is 14.7. The second-order valence-corrected chi connectivity index (χ2v) is 5.88. The number of barbiturate groups is 1. The highest BCUT2D eigenvalue weighted by Gasteiger charge is 2.37. The highest BCUT2D eigenvalue weighted by Crippen LogP contribution is 2.28. The average molecular weight is 381 g/mol. The molecular weight excluding hydrogens is 368 g/mol. The molecule has 1 heterocycles. The summed E-state index contributed by atoms with van der Waals surface area (Å²) < 4.78 is 5.27. The molecule has 0 spiro atoms. The number of hydrogen-bond acceptors (Lipinski definition) is 4. The fourth-order valence-corrected chi connectivity index (χ4v) is 2.68. The van der Waals surface area contributed by atoms with Crippen LogP contribution in [0, 0.1) is 12.3 Å². The van der Waals surface area contributed by atoms with Crippen LogP contribution in [-0.2, 0) is 9.59 Å². The molecule has 27 heavy (non-hydrogen) atoms. The van der Waals surface area contributed by atoms with E-state index in [9.17, 15) is 14.4 Å². The topological polar surface area (TPSA) is 75.7 Å². The Kier molecular flexibility index (Phi) is 5.25. The number of carbonyl (C=O) groups is 3. The molecule has 0 aliphatic carbocycles. The summed E-state index contributed by atoms with van der Waals surface area (Å²) in [7, 11) is 0. The van der Waals surface area contributed by atoms with Crippen molar-refractivity contribution < 1.29 is 19.1 Å². The number of anilines is 1. The van der Waals surface area contributed by atoms with Gasteiger partial charge in [0, 0.05) is 0 Å². The third kappa shape index (κ3) is 3.84. The van der Waals surface area contributed by atoms with Crippen LogP contribution in [0.3, 0.4) is 0 Å². The van der Waals surface area contributed by atoms with Crippen molar-refractivity contribution >= 4 is 41.2 Å². The van der Waals surface area contributed by atoms with Crippen molar-refractivity contribution in [1.29, 1.82) is 0 Å².